The Labute approximate surface area is 176 Å². The molecular formula is C18H16BrCl2NZr. The Hall–Kier alpha value is -0.337. The molecule has 4 aromatic rings. The van der Waals surface area contributed by atoms with E-state index in [0.717, 1.165) is 4.47 Å². The monoisotopic (exact) mass is 485 g/mol. The first kappa shape index (κ1) is 22.7. The van der Waals surface area contributed by atoms with Crippen LogP contribution in [0.5, 0.6) is 0 Å². The number of rotatable bonds is 0. The molecule has 0 atom stereocenters. The topological polar surface area (TPSA) is 4.93 Å². The van der Waals surface area contributed by atoms with Crippen LogP contribution < -0.4 is 24.8 Å². The maximum absolute atomic E-state index is 3.61. The van der Waals surface area contributed by atoms with Crippen LogP contribution in [0, 0.1) is 6.92 Å². The molecule has 1 aromatic heterocycles. The minimum absolute atomic E-state index is 0. The molecule has 23 heavy (non-hydrogen) atoms. The molecule has 0 N–H and O–H groups in total. The summed E-state index contributed by atoms with van der Waals surface area (Å²) in [5.41, 5.74) is 3.93. The Kier molecular flexibility index (Phi) is 9.69. The van der Waals surface area contributed by atoms with Gasteiger partial charge in [-0.15, -0.1) is 23.1 Å². The Balaban J connectivity index is 0.000000529. The first-order chi connectivity index (χ1) is 9.68. The summed E-state index contributed by atoms with van der Waals surface area (Å²) in [4.78, 5) is 0. The van der Waals surface area contributed by atoms with Gasteiger partial charge in [-0.2, -0.15) is 18.2 Å². The van der Waals surface area contributed by atoms with Crippen LogP contribution in [0.1, 0.15) is 5.56 Å². The molecule has 0 aliphatic rings. The van der Waals surface area contributed by atoms with E-state index in [0.29, 0.717) is 0 Å². The van der Waals surface area contributed by atoms with Gasteiger partial charge in [-0.25, -0.2) is 12.1 Å². The number of nitrogens with zero attached hydrogens (tertiary/aromatic N) is 1. The molecule has 1 heterocycles. The summed E-state index contributed by atoms with van der Waals surface area (Å²) < 4.78 is 3.42. The summed E-state index contributed by atoms with van der Waals surface area (Å²) in [6.45, 7) is 2.14. The number of halogens is 3. The largest absolute Gasteiger partial charge is 4.00 e. The Morgan fingerprint density at radius 1 is 1.04 bits per heavy atom. The SMILES string of the molecule is Cc1cc2c([cH-]1)c1cccc(Br)c1n2C.[Cl-].[Cl-].[Zr+4].c1cc[cH-]c1. The third-order valence-electron chi connectivity index (χ3n) is 3.54. The van der Waals surface area contributed by atoms with Gasteiger partial charge in [0.2, 0.25) is 0 Å². The normalized spacial score (nSPS) is 9.35. The smallest absolute Gasteiger partial charge is 1.00 e. The molecule has 0 spiro atoms. The molecule has 118 valence electrons. The summed E-state index contributed by atoms with van der Waals surface area (Å²) in [6.07, 6.45) is 0. The van der Waals surface area contributed by atoms with Crippen molar-refractivity contribution in [3.63, 3.8) is 0 Å². The van der Waals surface area contributed by atoms with E-state index in [2.05, 4.69) is 64.8 Å². The molecular weight excluding hydrogens is 472 g/mol. The average Bonchev–Trinajstić information content (AvgIpc) is 3.12. The average molecular weight is 488 g/mol. The van der Waals surface area contributed by atoms with Gasteiger partial charge < -0.3 is 29.4 Å². The van der Waals surface area contributed by atoms with Crippen molar-refractivity contribution >= 4 is 37.7 Å². The zero-order valence-electron chi connectivity index (χ0n) is 12.9. The van der Waals surface area contributed by atoms with Crippen LogP contribution in [0.2, 0.25) is 0 Å². The van der Waals surface area contributed by atoms with E-state index in [1.165, 1.54) is 27.4 Å². The van der Waals surface area contributed by atoms with Gasteiger partial charge in [0.05, 0.1) is 0 Å². The number of aryl methyl sites for hydroxylation is 2. The number of aromatic nitrogens is 1. The third-order valence-corrected chi connectivity index (χ3v) is 4.18. The van der Waals surface area contributed by atoms with Crippen molar-refractivity contribution in [3.05, 3.63) is 70.7 Å². The molecule has 0 aliphatic carbocycles. The number of fused-ring (bicyclic) bond motifs is 3. The van der Waals surface area contributed by atoms with Crippen LogP contribution in [-0.4, -0.2) is 4.57 Å². The van der Waals surface area contributed by atoms with Gasteiger partial charge >= 0.3 is 26.2 Å². The predicted molar refractivity (Wildman–Crippen MR) is 90.5 cm³/mol. The van der Waals surface area contributed by atoms with Crippen LogP contribution in [0.25, 0.3) is 21.8 Å². The molecule has 4 rings (SSSR count). The van der Waals surface area contributed by atoms with Crippen molar-refractivity contribution in [2.75, 3.05) is 0 Å². The fourth-order valence-corrected chi connectivity index (χ4v) is 3.28. The van der Waals surface area contributed by atoms with Gasteiger partial charge in [-0.05, 0) is 22.0 Å². The van der Waals surface area contributed by atoms with Crippen LogP contribution in [-0.2, 0) is 33.3 Å². The zero-order chi connectivity index (χ0) is 14.1. The first-order valence-corrected chi connectivity index (χ1v) is 7.44. The van der Waals surface area contributed by atoms with Crippen molar-refractivity contribution in [2.24, 2.45) is 7.05 Å². The number of para-hydroxylation sites is 1. The van der Waals surface area contributed by atoms with Gasteiger partial charge in [0, 0.05) is 17.0 Å². The first-order valence-electron chi connectivity index (χ1n) is 6.65. The van der Waals surface area contributed by atoms with Gasteiger partial charge in [-0.3, -0.25) is 0 Å². The van der Waals surface area contributed by atoms with E-state index < -0.39 is 0 Å². The number of benzene rings is 1. The number of hydrogen-bond donors (Lipinski definition) is 0. The molecule has 0 bridgehead atoms. The van der Waals surface area contributed by atoms with Crippen LogP contribution >= 0.6 is 15.9 Å². The molecule has 0 aliphatic heterocycles. The Bertz CT molecular complexity index is 830. The van der Waals surface area contributed by atoms with Crippen molar-refractivity contribution in [3.8, 4) is 0 Å². The molecule has 0 radical (unpaired) electrons. The zero-order valence-corrected chi connectivity index (χ0v) is 18.4. The predicted octanol–water partition coefficient (Wildman–Crippen LogP) is -0.468. The molecule has 5 heteroatoms. The van der Waals surface area contributed by atoms with Crippen LogP contribution in [0.3, 0.4) is 0 Å². The Morgan fingerprint density at radius 2 is 1.70 bits per heavy atom. The molecule has 0 saturated heterocycles. The van der Waals surface area contributed by atoms with Crippen molar-refractivity contribution in [1.29, 1.82) is 0 Å². The van der Waals surface area contributed by atoms with Crippen LogP contribution in [0.4, 0.5) is 0 Å². The van der Waals surface area contributed by atoms with Crippen molar-refractivity contribution in [2.45, 2.75) is 6.92 Å². The molecule has 0 unspecified atom stereocenters. The van der Waals surface area contributed by atoms with E-state index >= 15 is 0 Å². The van der Waals surface area contributed by atoms with E-state index in [4.69, 9.17) is 0 Å². The van der Waals surface area contributed by atoms with E-state index in [1.54, 1.807) is 0 Å². The Morgan fingerprint density at radius 3 is 2.26 bits per heavy atom. The fraction of sp³-hybridized carbons (Fsp3) is 0.111. The summed E-state index contributed by atoms with van der Waals surface area (Å²) in [6, 6.07) is 20.9. The summed E-state index contributed by atoms with van der Waals surface area (Å²) in [7, 11) is 2.12. The molecule has 3 aromatic carbocycles. The van der Waals surface area contributed by atoms with Gasteiger partial charge in [0.25, 0.3) is 0 Å². The second-order valence-corrected chi connectivity index (χ2v) is 5.84. The fourth-order valence-electron chi connectivity index (χ4n) is 2.64. The summed E-state index contributed by atoms with van der Waals surface area (Å²) >= 11 is 3.61. The molecule has 0 saturated carbocycles. The van der Waals surface area contributed by atoms with E-state index in [-0.39, 0.29) is 51.0 Å². The van der Waals surface area contributed by atoms with Gasteiger partial charge in [-0.1, -0.05) is 30.0 Å². The third kappa shape index (κ3) is 4.60. The molecule has 1 nitrogen and oxygen atoms in total. The minimum Gasteiger partial charge on any atom is -1.00 e. The second kappa shape index (κ2) is 9.84. The van der Waals surface area contributed by atoms with E-state index in [9.17, 15) is 0 Å². The van der Waals surface area contributed by atoms with Crippen LogP contribution in [0.15, 0.2) is 65.1 Å². The molecule has 0 amide bonds. The van der Waals surface area contributed by atoms with Gasteiger partial charge in [0.15, 0.2) is 0 Å². The second-order valence-electron chi connectivity index (χ2n) is 4.99. The quantitative estimate of drug-likeness (QED) is 0.295. The summed E-state index contributed by atoms with van der Waals surface area (Å²) in [5.74, 6) is 0. The maximum atomic E-state index is 3.61. The minimum atomic E-state index is 0. The standard InChI is InChI=1S/C13H11BrN.C5H5.2ClH.Zr/c1-8-6-10-9-4-3-5-11(14)13(9)15(2)12(10)7-8;1-2-4-5-3-1;;;/h3-7H,1-2H3;1-5H;2*1H;/q2*-1;;;+4/p-2. The van der Waals surface area contributed by atoms with Crippen molar-refractivity contribution in [1.82, 2.24) is 4.57 Å². The van der Waals surface area contributed by atoms with Crippen molar-refractivity contribution < 1.29 is 51.0 Å². The maximum Gasteiger partial charge on any atom is 4.00 e. The number of hydrogen-bond acceptors (Lipinski definition) is 0. The molecule has 0 fully saturated rings. The summed E-state index contributed by atoms with van der Waals surface area (Å²) in [5, 5.41) is 2.68. The van der Waals surface area contributed by atoms with E-state index in [1.807, 2.05) is 30.3 Å². The van der Waals surface area contributed by atoms with Gasteiger partial charge in [0.1, 0.15) is 0 Å².